The number of unbranched alkanes of at least 4 members (excludes halogenated alkanes) is 1. The van der Waals surface area contributed by atoms with Crippen molar-refractivity contribution in [2.45, 2.75) is 57.2 Å². The lowest BCUT2D eigenvalue weighted by molar-refractivity contribution is -0.141. The van der Waals surface area contributed by atoms with E-state index in [0.717, 1.165) is 0 Å². The van der Waals surface area contributed by atoms with Gasteiger partial charge in [-0.15, -0.1) is 0 Å². The average Bonchev–Trinajstić information content (AvgIpc) is 3.18. The third-order valence-corrected chi connectivity index (χ3v) is 5.03. The van der Waals surface area contributed by atoms with E-state index in [4.69, 9.17) is 5.73 Å². The van der Waals surface area contributed by atoms with Gasteiger partial charge in [-0.05, 0) is 45.6 Å². The number of carbonyl (C=O) groups excluding carboxylic acids is 5. The van der Waals surface area contributed by atoms with Crippen molar-refractivity contribution in [1.29, 1.82) is 0 Å². The molecule has 6 N–H and O–H groups in total. The van der Waals surface area contributed by atoms with Gasteiger partial charge in [-0.3, -0.25) is 24.0 Å². The molecule has 0 aromatic carbocycles. The van der Waals surface area contributed by atoms with E-state index in [1.165, 1.54) is 11.8 Å². The van der Waals surface area contributed by atoms with E-state index >= 15 is 0 Å². The maximum absolute atomic E-state index is 12.6. The lowest BCUT2D eigenvalue weighted by atomic mass is 10.1. The van der Waals surface area contributed by atoms with E-state index in [0.29, 0.717) is 45.2 Å². The predicted molar refractivity (Wildman–Crippen MR) is 103 cm³/mol. The molecule has 2 heterocycles. The second kappa shape index (κ2) is 10.7. The fourth-order valence-electron chi connectivity index (χ4n) is 3.49. The van der Waals surface area contributed by atoms with E-state index in [9.17, 15) is 24.0 Å². The number of amides is 5. The van der Waals surface area contributed by atoms with Gasteiger partial charge in [0.15, 0.2) is 0 Å². The van der Waals surface area contributed by atoms with Crippen LogP contribution in [0.3, 0.4) is 0 Å². The normalized spacial score (nSPS) is 27.2. The zero-order chi connectivity index (χ0) is 21.4. The van der Waals surface area contributed by atoms with Crippen LogP contribution in [0, 0.1) is 0 Å². The molecule has 11 heteroatoms. The molecule has 0 spiro atoms. The molecule has 162 valence electrons. The first-order valence-electron chi connectivity index (χ1n) is 9.98. The summed E-state index contributed by atoms with van der Waals surface area (Å²) in [7, 11) is 0. The van der Waals surface area contributed by atoms with Crippen LogP contribution in [0.4, 0.5) is 0 Å². The van der Waals surface area contributed by atoms with Crippen LogP contribution < -0.4 is 27.0 Å². The molecule has 2 aliphatic heterocycles. The molecule has 5 amide bonds. The Morgan fingerprint density at radius 2 is 1.62 bits per heavy atom. The fourth-order valence-corrected chi connectivity index (χ4v) is 3.49. The molecular weight excluding hydrogens is 380 g/mol. The number of carbonyl (C=O) groups is 5. The Balaban J connectivity index is 2.14. The van der Waals surface area contributed by atoms with Gasteiger partial charge in [-0.1, -0.05) is 0 Å². The molecule has 0 unspecified atom stereocenters. The summed E-state index contributed by atoms with van der Waals surface area (Å²) < 4.78 is 0. The van der Waals surface area contributed by atoms with Crippen molar-refractivity contribution in [3.63, 3.8) is 0 Å². The lowest BCUT2D eigenvalue weighted by Crippen LogP contribution is -2.53. The molecule has 0 bridgehead atoms. The molecule has 2 rings (SSSR count). The van der Waals surface area contributed by atoms with Gasteiger partial charge >= 0.3 is 0 Å². The number of rotatable bonds is 4. The zero-order valence-electron chi connectivity index (χ0n) is 16.7. The molecule has 0 saturated carbocycles. The Kier molecular flexibility index (Phi) is 8.37. The summed E-state index contributed by atoms with van der Waals surface area (Å²) >= 11 is 0. The average molecular weight is 410 g/mol. The first-order chi connectivity index (χ1) is 13.8. The highest BCUT2D eigenvalue weighted by Gasteiger charge is 2.36. The molecule has 2 fully saturated rings. The monoisotopic (exact) mass is 410 g/mol. The van der Waals surface area contributed by atoms with Crippen molar-refractivity contribution in [2.24, 2.45) is 5.73 Å². The smallest absolute Gasteiger partial charge is 0.245 e. The number of nitrogens with two attached hydrogens (primary N) is 1. The van der Waals surface area contributed by atoms with Gasteiger partial charge in [0, 0.05) is 6.54 Å². The maximum Gasteiger partial charge on any atom is 0.245 e. The molecule has 0 radical (unpaired) electrons. The van der Waals surface area contributed by atoms with Crippen LogP contribution in [0.25, 0.3) is 0 Å². The van der Waals surface area contributed by atoms with E-state index in [-0.39, 0.29) is 19.0 Å². The van der Waals surface area contributed by atoms with E-state index < -0.39 is 41.8 Å². The highest BCUT2D eigenvalue weighted by Crippen LogP contribution is 2.18. The SMILES string of the molecule is C[C@@H]1NC(=O)CNC(=O)[C@H](CCCCN)NC(=O)CNC(=O)[C@@H]2CCCN2C1=O. The number of hydrogen-bond donors (Lipinski definition) is 5. The quantitative estimate of drug-likeness (QED) is 0.318. The molecule has 29 heavy (non-hydrogen) atoms. The Morgan fingerprint density at radius 3 is 2.31 bits per heavy atom. The summed E-state index contributed by atoms with van der Waals surface area (Å²) in [4.78, 5) is 63.3. The van der Waals surface area contributed by atoms with Crippen molar-refractivity contribution >= 4 is 29.5 Å². The lowest BCUT2D eigenvalue weighted by Gasteiger charge is -2.27. The van der Waals surface area contributed by atoms with Gasteiger partial charge in [0.05, 0.1) is 13.1 Å². The van der Waals surface area contributed by atoms with Crippen LogP contribution in [0.5, 0.6) is 0 Å². The Morgan fingerprint density at radius 1 is 0.966 bits per heavy atom. The molecule has 11 nitrogen and oxygen atoms in total. The molecule has 2 saturated heterocycles. The van der Waals surface area contributed by atoms with Crippen molar-refractivity contribution in [3.8, 4) is 0 Å². The fraction of sp³-hybridized carbons (Fsp3) is 0.722. The number of nitrogens with zero attached hydrogens (tertiary/aromatic N) is 1. The number of fused-ring (bicyclic) bond motifs is 1. The molecular formula is C18H30N6O5. The summed E-state index contributed by atoms with van der Waals surface area (Å²) in [5, 5.41) is 10.1. The van der Waals surface area contributed by atoms with Crippen LogP contribution in [-0.2, 0) is 24.0 Å². The second-order valence-corrected chi connectivity index (χ2v) is 7.32. The van der Waals surface area contributed by atoms with Gasteiger partial charge < -0.3 is 31.9 Å². The topological polar surface area (TPSA) is 163 Å². The second-order valence-electron chi connectivity index (χ2n) is 7.32. The number of hydrogen-bond acceptors (Lipinski definition) is 6. The van der Waals surface area contributed by atoms with Crippen molar-refractivity contribution < 1.29 is 24.0 Å². The summed E-state index contributed by atoms with van der Waals surface area (Å²) in [6.07, 6.45) is 2.82. The third kappa shape index (κ3) is 6.41. The Hall–Kier alpha value is -2.69. The molecule has 0 aromatic heterocycles. The molecule has 3 atom stereocenters. The summed E-state index contributed by atoms with van der Waals surface area (Å²) in [5.74, 6) is -2.35. The summed E-state index contributed by atoms with van der Waals surface area (Å²) in [6.45, 7) is 1.78. The predicted octanol–water partition coefficient (Wildman–Crippen LogP) is -2.66. The highest BCUT2D eigenvalue weighted by molar-refractivity contribution is 5.96. The van der Waals surface area contributed by atoms with Gasteiger partial charge in [-0.25, -0.2) is 0 Å². The van der Waals surface area contributed by atoms with E-state index in [1.54, 1.807) is 0 Å². The Bertz CT molecular complexity index is 655. The minimum atomic E-state index is -0.842. The number of nitrogens with one attached hydrogen (secondary N) is 4. The Labute approximate surface area is 169 Å². The van der Waals surface area contributed by atoms with Crippen LogP contribution in [-0.4, -0.2) is 78.7 Å². The first-order valence-corrected chi connectivity index (χ1v) is 9.98. The molecule has 0 aliphatic carbocycles. The van der Waals surface area contributed by atoms with Crippen LogP contribution >= 0.6 is 0 Å². The largest absolute Gasteiger partial charge is 0.345 e. The van der Waals surface area contributed by atoms with Crippen LogP contribution in [0.2, 0.25) is 0 Å². The van der Waals surface area contributed by atoms with Gasteiger partial charge in [0.2, 0.25) is 29.5 Å². The van der Waals surface area contributed by atoms with Crippen molar-refractivity contribution in [3.05, 3.63) is 0 Å². The summed E-state index contributed by atoms with van der Waals surface area (Å²) in [6, 6.07) is -2.36. The van der Waals surface area contributed by atoms with Crippen molar-refractivity contribution in [1.82, 2.24) is 26.2 Å². The van der Waals surface area contributed by atoms with Gasteiger partial charge in [-0.2, -0.15) is 0 Å². The standard InChI is InChI=1S/C18H30N6O5/c1-11-18(29)24-8-4-6-13(24)17(28)21-10-15(26)23-12(5-2-3-7-19)16(27)20-9-14(25)22-11/h11-13H,2-10,19H2,1H3,(H,20,27)(H,21,28)(H,22,25)(H,23,26)/t11-,12-,13-/m0/s1. The minimum Gasteiger partial charge on any atom is -0.345 e. The van der Waals surface area contributed by atoms with Crippen molar-refractivity contribution in [2.75, 3.05) is 26.2 Å². The van der Waals surface area contributed by atoms with Gasteiger partial charge in [0.1, 0.15) is 18.1 Å². The summed E-state index contributed by atoms with van der Waals surface area (Å²) in [5.41, 5.74) is 5.47. The highest BCUT2D eigenvalue weighted by atomic mass is 16.2. The third-order valence-electron chi connectivity index (χ3n) is 5.03. The van der Waals surface area contributed by atoms with E-state index in [1.807, 2.05) is 0 Å². The van der Waals surface area contributed by atoms with Crippen LogP contribution in [0.1, 0.15) is 39.0 Å². The zero-order valence-corrected chi connectivity index (χ0v) is 16.7. The maximum atomic E-state index is 12.6. The molecule has 0 aromatic rings. The van der Waals surface area contributed by atoms with Gasteiger partial charge in [0.25, 0.3) is 0 Å². The van der Waals surface area contributed by atoms with Crippen LogP contribution in [0.15, 0.2) is 0 Å². The first kappa shape index (κ1) is 22.6. The van der Waals surface area contributed by atoms with E-state index in [2.05, 4.69) is 21.3 Å². The molecule has 2 aliphatic rings. The minimum absolute atomic E-state index is 0.301.